The lowest BCUT2D eigenvalue weighted by molar-refractivity contribution is -0.137. The molecule has 0 spiro atoms. The quantitative estimate of drug-likeness (QED) is 0.0280. The fourth-order valence-electron chi connectivity index (χ4n) is 3.79. The second kappa shape index (κ2) is 17.9. The van der Waals surface area contributed by atoms with Crippen molar-refractivity contribution in [2.24, 2.45) is 22.4 Å². The number of carboxylic acid groups (broad SMARTS) is 1. The molecule has 1 aromatic rings. The third-order valence-electron chi connectivity index (χ3n) is 5.93. The Morgan fingerprint density at radius 2 is 1.79 bits per heavy atom. The highest BCUT2D eigenvalue weighted by atomic mass is 16.6. The van der Waals surface area contributed by atoms with Gasteiger partial charge in [0.2, 0.25) is 5.91 Å². The highest BCUT2D eigenvalue weighted by molar-refractivity contribution is 5.87. The molecule has 0 saturated carbocycles. The monoisotopic (exact) mass is 609 g/mol. The smallest absolute Gasteiger partial charge is 0.407 e. The summed E-state index contributed by atoms with van der Waals surface area (Å²) in [5.41, 5.74) is 11.3. The number of nitrogens with two attached hydrogens (primary N) is 2. The van der Waals surface area contributed by atoms with E-state index < -0.39 is 66.7 Å². The zero-order chi connectivity index (χ0) is 32.7. The first-order chi connectivity index (χ1) is 20.2. The number of hydrogen-bond donors (Lipinski definition) is 9. The number of aliphatic carboxylic acids is 1. The third-order valence-corrected chi connectivity index (χ3v) is 5.93. The molecule has 11 N–H and O–H groups in total. The molecule has 0 aliphatic carbocycles. The maximum atomic E-state index is 12.5. The number of aliphatic imine (C=N–C) groups is 1. The van der Waals surface area contributed by atoms with E-state index >= 15 is 0 Å². The number of carbonyl (C=O) groups excluding carboxylic acids is 3. The fourth-order valence-corrected chi connectivity index (χ4v) is 3.79. The van der Waals surface area contributed by atoms with Crippen LogP contribution in [0.15, 0.2) is 40.9 Å². The number of aliphatic hydroxyl groups is 2. The van der Waals surface area contributed by atoms with Crippen LogP contribution in [0.25, 0.3) is 6.08 Å². The van der Waals surface area contributed by atoms with Crippen molar-refractivity contribution in [3.05, 3.63) is 41.5 Å². The van der Waals surface area contributed by atoms with Gasteiger partial charge >= 0.3 is 18.0 Å². The molecule has 43 heavy (non-hydrogen) atoms. The molecule has 0 aromatic heterocycles. The zero-order valence-corrected chi connectivity index (χ0v) is 24.0. The number of hydrogen-bond acceptors (Lipinski definition) is 11. The SMILES string of the molecule is CC(=O)N[C@@H]([C@@H](C)[C@H](OC(=O)NCCCOC(=O)/C=C/c1ccc(O)c(O)c1)[C@H](O)CO)[C@H](/C=C(\C)C(=O)O)N=C(N)N. The van der Waals surface area contributed by atoms with Crippen LogP contribution < -0.4 is 22.1 Å². The molecule has 0 radical (unpaired) electrons. The lowest BCUT2D eigenvalue weighted by Crippen LogP contribution is -2.54. The van der Waals surface area contributed by atoms with Gasteiger partial charge in [0.25, 0.3) is 0 Å². The number of nitrogens with one attached hydrogen (secondary N) is 2. The van der Waals surface area contributed by atoms with E-state index in [2.05, 4.69) is 15.6 Å². The molecule has 0 unspecified atom stereocenters. The molecule has 2 amide bonds. The number of esters is 1. The Morgan fingerprint density at radius 3 is 2.35 bits per heavy atom. The van der Waals surface area contributed by atoms with Crippen molar-refractivity contribution in [2.75, 3.05) is 19.8 Å². The van der Waals surface area contributed by atoms with Crippen LogP contribution in [0.2, 0.25) is 0 Å². The first-order valence-electron chi connectivity index (χ1n) is 13.0. The maximum absolute atomic E-state index is 12.5. The Hall–Kier alpha value is -4.83. The average molecular weight is 610 g/mol. The summed E-state index contributed by atoms with van der Waals surface area (Å²) in [4.78, 5) is 51.8. The van der Waals surface area contributed by atoms with Crippen molar-refractivity contribution < 1.29 is 54.2 Å². The van der Waals surface area contributed by atoms with Gasteiger partial charge < -0.3 is 57.1 Å². The van der Waals surface area contributed by atoms with E-state index in [-0.39, 0.29) is 36.6 Å². The van der Waals surface area contributed by atoms with Gasteiger partial charge in [0.1, 0.15) is 12.2 Å². The normalized spacial score (nSPS) is 15.0. The van der Waals surface area contributed by atoms with Crippen LogP contribution in [0.5, 0.6) is 11.5 Å². The molecule has 0 saturated heterocycles. The molecule has 1 aromatic carbocycles. The Kier molecular flexibility index (Phi) is 15.0. The predicted octanol–water partition coefficient (Wildman–Crippen LogP) is -0.694. The Morgan fingerprint density at radius 1 is 1.12 bits per heavy atom. The molecule has 5 atom stereocenters. The zero-order valence-electron chi connectivity index (χ0n) is 24.0. The van der Waals surface area contributed by atoms with Gasteiger partial charge in [-0.25, -0.2) is 19.4 Å². The number of aromatic hydroxyl groups is 2. The van der Waals surface area contributed by atoms with Gasteiger partial charge in [-0.15, -0.1) is 0 Å². The minimum Gasteiger partial charge on any atom is -0.504 e. The number of carboxylic acids is 1. The molecule has 0 aliphatic rings. The summed E-state index contributed by atoms with van der Waals surface area (Å²) in [6, 6.07) is 1.75. The van der Waals surface area contributed by atoms with Crippen LogP contribution in [-0.2, 0) is 23.9 Å². The van der Waals surface area contributed by atoms with Crippen molar-refractivity contribution in [3.8, 4) is 11.5 Å². The van der Waals surface area contributed by atoms with E-state index in [0.29, 0.717) is 5.56 Å². The predicted molar refractivity (Wildman–Crippen MR) is 154 cm³/mol. The standard InChI is InChI=1S/C27H39N5O11/c1-14(25(39)40)11-18(32-26(28)29)23(31-16(3)34)15(2)24(21(37)13-33)43-27(41)30-9-4-10-42-22(38)8-6-17-5-7-19(35)20(36)12-17/h5-8,11-12,15,18,21,23-24,33,35-37H,4,9-10,13H2,1-3H3,(H,30,41)(H,31,34)(H,39,40)(H4,28,29,32)/b8-6+,14-11+/t15-,18+,21-,23+,24+/m1/s1. The summed E-state index contributed by atoms with van der Waals surface area (Å²) < 4.78 is 10.4. The molecule has 0 bridgehead atoms. The van der Waals surface area contributed by atoms with E-state index in [9.17, 15) is 44.7 Å². The van der Waals surface area contributed by atoms with Gasteiger partial charge in [-0.3, -0.25) is 4.79 Å². The summed E-state index contributed by atoms with van der Waals surface area (Å²) >= 11 is 0. The molecular formula is C27H39N5O11. The maximum Gasteiger partial charge on any atom is 0.407 e. The number of aliphatic hydroxyl groups excluding tert-OH is 2. The van der Waals surface area contributed by atoms with E-state index in [4.69, 9.17) is 20.9 Å². The second-order valence-electron chi connectivity index (χ2n) is 9.43. The van der Waals surface area contributed by atoms with Crippen LogP contribution >= 0.6 is 0 Å². The first kappa shape index (κ1) is 36.2. The number of benzene rings is 1. The number of alkyl carbamates (subject to hydrolysis) is 1. The number of phenols is 2. The van der Waals surface area contributed by atoms with Gasteiger partial charge in [0.05, 0.1) is 25.3 Å². The van der Waals surface area contributed by atoms with Crippen LogP contribution in [-0.4, -0.2) is 99.5 Å². The molecule has 16 nitrogen and oxygen atoms in total. The van der Waals surface area contributed by atoms with Crippen molar-refractivity contribution in [1.82, 2.24) is 10.6 Å². The van der Waals surface area contributed by atoms with Crippen molar-refractivity contribution in [3.63, 3.8) is 0 Å². The number of ether oxygens (including phenoxy) is 2. The van der Waals surface area contributed by atoms with E-state index in [1.807, 2.05) is 0 Å². The van der Waals surface area contributed by atoms with Crippen LogP contribution in [0.3, 0.4) is 0 Å². The molecule has 0 fully saturated rings. The number of amides is 2. The molecule has 1 rings (SSSR count). The molecular weight excluding hydrogens is 570 g/mol. The molecule has 238 valence electrons. The van der Waals surface area contributed by atoms with E-state index in [0.717, 1.165) is 6.08 Å². The number of carbonyl (C=O) groups is 4. The number of nitrogens with zero attached hydrogens (tertiary/aromatic N) is 1. The summed E-state index contributed by atoms with van der Waals surface area (Å²) in [6.45, 7) is 3.04. The number of guanidine groups is 1. The summed E-state index contributed by atoms with van der Waals surface area (Å²) in [5.74, 6) is -4.55. The second-order valence-corrected chi connectivity index (χ2v) is 9.43. The average Bonchev–Trinajstić information content (AvgIpc) is 2.93. The largest absolute Gasteiger partial charge is 0.504 e. The minimum absolute atomic E-state index is 0.00965. The highest BCUT2D eigenvalue weighted by Gasteiger charge is 2.38. The van der Waals surface area contributed by atoms with E-state index in [1.54, 1.807) is 0 Å². The van der Waals surface area contributed by atoms with Crippen LogP contribution in [0, 0.1) is 5.92 Å². The van der Waals surface area contributed by atoms with Crippen molar-refractivity contribution >= 4 is 36.0 Å². The summed E-state index contributed by atoms with van der Waals surface area (Å²) in [5, 5.41) is 53.1. The van der Waals surface area contributed by atoms with Crippen LogP contribution in [0.1, 0.15) is 32.8 Å². The molecule has 0 heterocycles. The Bertz CT molecular complexity index is 1210. The van der Waals surface area contributed by atoms with Gasteiger partial charge in [-0.1, -0.05) is 13.0 Å². The number of rotatable bonds is 16. The lowest BCUT2D eigenvalue weighted by atomic mass is 9.86. The molecule has 0 aliphatic heterocycles. The van der Waals surface area contributed by atoms with Gasteiger partial charge in [-0.05, 0) is 43.2 Å². The topological polar surface area (TPSA) is 276 Å². The van der Waals surface area contributed by atoms with Gasteiger partial charge in [-0.2, -0.15) is 0 Å². The van der Waals surface area contributed by atoms with Crippen LogP contribution in [0.4, 0.5) is 4.79 Å². The molecule has 16 heteroatoms. The Labute approximate surface area is 247 Å². The summed E-state index contributed by atoms with van der Waals surface area (Å²) in [7, 11) is 0. The summed E-state index contributed by atoms with van der Waals surface area (Å²) in [6.07, 6.45) is -0.173. The van der Waals surface area contributed by atoms with E-state index in [1.165, 1.54) is 51.1 Å². The Balaban J connectivity index is 2.85. The van der Waals surface area contributed by atoms with Gasteiger partial charge in [0, 0.05) is 31.0 Å². The minimum atomic E-state index is -1.61. The highest BCUT2D eigenvalue weighted by Crippen LogP contribution is 2.25. The van der Waals surface area contributed by atoms with Crippen molar-refractivity contribution in [2.45, 2.75) is 51.5 Å². The number of phenolic OH excluding ortho intramolecular Hbond substituents is 2. The lowest BCUT2D eigenvalue weighted by Gasteiger charge is -2.35. The van der Waals surface area contributed by atoms with Crippen molar-refractivity contribution in [1.29, 1.82) is 0 Å². The van der Waals surface area contributed by atoms with Gasteiger partial charge in [0.15, 0.2) is 17.5 Å². The third kappa shape index (κ3) is 13.1. The first-order valence-corrected chi connectivity index (χ1v) is 13.0. The fraction of sp³-hybridized carbons (Fsp3) is 0.444.